The van der Waals surface area contributed by atoms with Crippen LogP contribution in [0.4, 0.5) is 4.79 Å². The minimum Gasteiger partial charge on any atom is -0.450 e. The molecule has 1 fully saturated rings. The second-order valence-electron chi connectivity index (χ2n) is 9.36. The maximum Gasteiger partial charge on any atom is 0.407 e. The molecule has 4 atom stereocenters. The van der Waals surface area contributed by atoms with E-state index in [1.165, 1.54) is 12.8 Å². The largest absolute Gasteiger partial charge is 0.450 e. The van der Waals surface area contributed by atoms with Crippen molar-refractivity contribution >= 4 is 14.6 Å². The number of amides is 1. The van der Waals surface area contributed by atoms with Crippen molar-refractivity contribution in [2.45, 2.75) is 85.2 Å². The predicted octanol–water partition coefficient (Wildman–Crippen LogP) is 5.35. The van der Waals surface area contributed by atoms with Gasteiger partial charge >= 0.3 is 6.09 Å². The molecule has 33 heavy (non-hydrogen) atoms. The van der Waals surface area contributed by atoms with Crippen LogP contribution in [0, 0.1) is 29.6 Å². The lowest BCUT2D eigenvalue weighted by atomic mass is 10.1. The molecule has 1 amide bonds. The molecule has 0 aliphatic heterocycles. The van der Waals surface area contributed by atoms with Gasteiger partial charge in [0, 0.05) is 31.5 Å². The molecular formula is C25H45N2O5P. The lowest BCUT2D eigenvalue weighted by Crippen LogP contribution is -2.34. The van der Waals surface area contributed by atoms with Crippen LogP contribution in [0.3, 0.4) is 0 Å². The highest BCUT2D eigenvalue weighted by atomic mass is 31.2. The van der Waals surface area contributed by atoms with Gasteiger partial charge in [0.1, 0.15) is 0 Å². The summed E-state index contributed by atoms with van der Waals surface area (Å²) in [5.74, 6) is 8.77. The van der Waals surface area contributed by atoms with Crippen molar-refractivity contribution in [3.63, 3.8) is 0 Å². The smallest absolute Gasteiger partial charge is 0.407 e. The van der Waals surface area contributed by atoms with Gasteiger partial charge in [-0.2, -0.15) is 0 Å². The first kappa shape index (κ1) is 28.3. The number of ether oxygens (including phenoxy) is 2. The summed E-state index contributed by atoms with van der Waals surface area (Å²) in [6, 6.07) is 0.687. The minimum atomic E-state index is -1.10. The Morgan fingerprint density at radius 2 is 1.61 bits per heavy atom. The van der Waals surface area contributed by atoms with E-state index in [0.717, 1.165) is 37.5 Å². The topological polar surface area (TPSA) is 69.3 Å². The fraction of sp³-hybridized carbons (Fsp3) is 0.880. The van der Waals surface area contributed by atoms with Crippen molar-refractivity contribution < 1.29 is 23.3 Å². The molecule has 0 aromatic carbocycles. The Hall–Kier alpha value is -0.900. The number of hydrogen-bond acceptors (Lipinski definition) is 6. The molecule has 8 heteroatoms. The molecule has 0 aromatic heterocycles. The van der Waals surface area contributed by atoms with E-state index < -0.39 is 8.53 Å². The van der Waals surface area contributed by atoms with Gasteiger partial charge in [0.2, 0.25) is 0 Å². The van der Waals surface area contributed by atoms with E-state index in [-0.39, 0.29) is 6.09 Å². The first-order chi connectivity index (χ1) is 16.0. The Labute approximate surface area is 202 Å². The molecule has 1 saturated carbocycles. The maximum atomic E-state index is 11.9. The van der Waals surface area contributed by atoms with Crippen LogP contribution in [0.1, 0.15) is 73.1 Å². The third-order valence-electron chi connectivity index (χ3n) is 6.12. The first-order valence-electron chi connectivity index (χ1n) is 12.7. The zero-order valence-corrected chi connectivity index (χ0v) is 22.2. The average molecular weight is 485 g/mol. The molecule has 7 nitrogen and oxygen atoms in total. The lowest BCUT2D eigenvalue weighted by Gasteiger charge is -2.35. The Kier molecular flexibility index (Phi) is 13.7. The number of alkyl carbamates (subject to hydrolysis) is 1. The molecule has 2 aliphatic rings. The average Bonchev–Trinajstić information content (AvgIpc) is 3.38. The predicted molar refractivity (Wildman–Crippen MR) is 133 cm³/mol. The molecule has 1 N–H and O–H groups in total. The summed E-state index contributed by atoms with van der Waals surface area (Å²) in [6.45, 7) is 13.7. The van der Waals surface area contributed by atoms with Crippen molar-refractivity contribution in [1.29, 1.82) is 0 Å². The number of nitrogens with zero attached hydrogens (tertiary/aromatic N) is 1. The van der Waals surface area contributed by atoms with Crippen LogP contribution in [0.25, 0.3) is 0 Å². The molecule has 2 aliphatic carbocycles. The molecule has 0 saturated heterocycles. The minimum absolute atomic E-state index is 0.344. The fourth-order valence-corrected chi connectivity index (χ4v) is 6.28. The molecule has 0 spiro atoms. The molecule has 2 rings (SSSR count). The number of rotatable bonds is 16. The third kappa shape index (κ3) is 10.5. The van der Waals surface area contributed by atoms with Crippen LogP contribution in [0.2, 0.25) is 0 Å². The van der Waals surface area contributed by atoms with E-state index in [4.69, 9.17) is 18.5 Å². The molecular weight excluding hydrogens is 439 g/mol. The normalized spacial score (nSPS) is 22.8. The maximum absolute atomic E-state index is 11.9. The fourth-order valence-electron chi connectivity index (χ4n) is 4.62. The summed E-state index contributed by atoms with van der Waals surface area (Å²) in [5.41, 5.74) is 0. The summed E-state index contributed by atoms with van der Waals surface area (Å²) in [6.07, 6.45) is 6.00. The first-order valence-corrected chi connectivity index (χ1v) is 13.9. The van der Waals surface area contributed by atoms with Crippen molar-refractivity contribution in [1.82, 2.24) is 9.99 Å². The molecule has 0 aromatic rings. The van der Waals surface area contributed by atoms with Gasteiger partial charge in [-0.1, -0.05) is 6.92 Å². The van der Waals surface area contributed by atoms with Crippen LogP contribution in [-0.2, 0) is 18.5 Å². The van der Waals surface area contributed by atoms with Crippen LogP contribution < -0.4 is 5.32 Å². The van der Waals surface area contributed by atoms with Gasteiger partial charge in [-0.25, -0.2) is 9.46 Å². The van der Waals surface area contributed by atoms with Gasteiger partial charge in [0.05, 0.1) is 33.0 Å². The van der Waals surface area contributed by atoms with Crippen LogP contribution >= 0.6 is 8.53 Å². The Balaban J connectivity index is 1.50. The van der Waals surface area contributed by atoms with Gasteiger partial charge in [-0.15, -0.1) is 11.8 Å². The quantitative estimate of drug-likeness (QED) is 0.181. The zero-order valence-electron chi connectivity index (χ0n) is 21.3. The van der Waals surface area contributed by atoms with Gasteiger partial charge in [-0.3, -0.25) is 0 Å². The highest BCUT2D eigenvalue weighted by Crippen LogP contribution is 2.54. The summed E-state index contributed by atoms with van der Waals surface area (Å²) >= 11 is 0. The number of nitrogens with one attached hydrogen (secondary N) is 1. The van der Waals surface area contributed by atoms with E-state index in [1.807, 2.05) is 0 Å². The monoisotopic (exact) mass is 484 g/mol. The molecule has 0 radical (unpaired) electrons. The van der Waals surface area contributed by atoms with Crippen molar-refractivity contribution in [2.24, 2.45) is 17.8 Å². The lowest BCUT2D eigenvalue weighted by molar-refractivity contribution is 0.0865. The molecule has 1 unspecified atom stereocenters. The van der Waals surface area contributed by atoms with Gasteiger partial charge < -0.3 is 23.8 Å². The van der Waals surface area contributed by atoms with Crippen molar-refractivity contribution in [3.05, 3.63) is 0 Å². The third-order valence-corrected chi connectivity index (χ3v) is 8.23. The standard InChI is InChI=1S/C25H45N2O5P/c1-6-15-31-33(27(20(2)3)21(4)5)32-19-18-29-17-14-26-25(28)30-16-13-24-22-11-9-7-8-10-12-23(22)24/h20-24H,6,9-19H2,1-5H3,(H,26,28)/t22-,23+,24-,33?. The molecule has 190 valence electrons. The Morgan fingerprint density at radius 3 is 2.21 bits per heavy atom. The van der Waals surface area contributed by atoms with E-state index in [0.29, 0.717) is 57.6 Å². The SMILES string of the molecule is CCCOP(OCCOCCNC(=O)OCC[C@@H]1[C@@H]2CCC#CCC[C@@H]21)N(C(C)C)C(C)C. The van der Waals surface area contributed by atoms with Crippen LogP contribution in [0.5, 0.6) is 0 Å². The Bertz CT molecular complexity index is 596. The number of carbonyl (C=O) groups is 1. The highest BCUT2D eigenvalue weighted by Gasteiger charge is 2.48. The van der Waals surface area contributed by atoms with E-state index in [9.17, 15) is 4.79 Å². The van der Waals surface area contributed by atoms with Gasteiger partial charge in [0.25, 0.3) is 8.53 Å². The van der Waals surface area contributed by atoms with Crippen molar-refractivity contribution in [3.8, 4) is 11.8 Å². The molecule has 0 bridgehead atoms. The van der Waals surface area contributed by atoms with E-state index in [1.54, 1.807) is 0 Å². The summed E-state index contributed by atoms with van der Waals surface area (Å²) in [4.78, 5) is 11.9. The van der Waals surface area contributed by atoms with Gasteiger partial charge in [0.15, 0.2) is 0 Å². The van der Waals surface area contributed by atoms with Crippen molar-refractivity contribution in [2.75, 3.05) is 39.6 Å². The van der Waals surface area contributed by atoms with Crippen LogP contribution in [-0.4, -0.2) is 62.4 Å². The number of fused-ring (bicyclic) bond motifs is 1. The van der Waals surface area contributed by atoms with Gasteiger partial charge in [-0.05, 0) is 71.1 Å². The number of carbonyl (C=O) groups excluding carboxylic acids is 1. The van der Waals surface area contributed by atoms with E-state index >= 15 is 0 Å². The summed E-state index contributed by atoms with van der Waals surface area (Å²) in [7, 11) is -1.10. The Morgan fingerprint density at radius 1 is 0.970 bits per heavy atom. The number of hydrogen-bond donors (Lipinski definition) is 1. The van der Waals surface area contributed by atoms with Crippen LogP contribution in [0.15, 0.2) is 0 Å². The second kappa shape index (κ2) is 15.9. The highest BCUT2D eigenvalue weighted by molar-refractivity contribution is 7.44. The molecule has 0 heterocycles. The second-order valence-corrected chi connectivity index (χ2v) is 10.8. The van der Waals surface area contributed by atoms with E-state index in [2.05, 4.69) is 56.4 Å². The zero-order chi connectivity index (χ0) is 24.1. The summed E-state index contributed by atoms with van der Waals surface area (Å²) in [5, 5.41) is 2.76. The summed E-state index contributed by atoms with van der Waals surface area (Å²) < 4.78 is 25.2.